The van der Waals surface area contributed by atoms with Gasteiger partial charge in [0.1, 0.15) is 28.4 Å². The van der Waals surface area contributed by atoms with Crippen molar-refractivity contribution in [1.82, 2.24) is 0 Å². The van der Waals surface area contributed by atoms with E-state index >= 15 is 0 Å². The Morgan fingerprint density at radius 1 is 0.484 bits per heavy atom. The van der Waals surface area contributed by atoms with Crippen LogP contribution < -0.4 is 18.9 Å². The van der Waals surface area contributed by atoms with Crippen LogP contribution in [0, 0.1) is 5.41 Å². The van der Waals surface area contributed by atoms with E-state index < -0.39 is 59.9 Å². The fourth-order valence-corrected chi connectivity index (χ4v) is 6.04. The van der Waals surface area contributed by atoms with E-state index in [9.17, 15) is 39.0 Å². The van der Waals surface area contributed by atoms with Crippen molar-refractivity contribution in [2.45, 2.75) is 97.7 Å². The quantitative estimate of drug-likeness (QED) is 0.0363. The average Bonchev–Trinajstić information content (AvgIpc) is 3.25. The van der Waals surface area contributed by atoms with Gasteiger partial charge in [0.25, 0.3) is 0 Å². The van der Waals surface area contributed by atoms with Gasteiger partial charge in [-0.2, -0.15) is 0 Å². The van der Waals surface area contributed by atoms with Gasteiger partial charge in [-0.1, -0.05) is 52.4 Å². The Morgan fingerprint density at radius 3 is 1.19 bits per heavy atom. The second kappa shape index (κ2) is 23.9. The lowest BCUT2D eigenvalue weighted by Gasteiger charge is -2.35. The standard InChI is InChI=1S/C48H54O14/c1-5-7-9-11-29-57-36-21-13-32(14-22-36)43(51)59-38-25-17-34(18-26-38)45(53)61-40(31-41(49)50)42(48(3,4)47(55)56)62-46(54)35-19-27-39(28-20-35)60-44(52)33-15-23-37(24-16-33)58-30-12-10-8-6-2/h13-28,40,42H,5-12,29-31H2,1-4H3,(H,49,50)(H,55,56)/t40-,42+/m1/s1. The van der Waals surface area contributed by atoms with Crippen molar-refractivity contribution in [2.75, 3.05) is 13.2 Å². The van der Waals surface area contributed by atoms with Gasteiger partial charge < -0.3 is 38.6 Å². The molecule has 0 saturated carbocycles. The minimum absolute atomic E-state index is 0.0916. The maximum atomic E-state index is 13.4. The number of esters is 4. The summed E-state index contributed by atoms with van der Waals surface area (Å²) < 4.78 is 33.5. The summed E-state index contributed by atoms with van der Waals surface area (Å²) in [4.78, 5) is 76.8. The molecule has 0 aliphatic heterocycles. The van der Waals surface area contributed by atoms with Crippen LogP contribution in [-0.4, -0.2) is 71.5 Å². The molecule has 14 heteroatoms. The number of hydrogen-bond acceptors (Lipinski definition) is 12. The molecular weight excluding hydrogens is 801 g/mol. The molecule has 4 rings (SSSR count). The van der Waals surface area contributed by atoms with Crippen molar-refractivity contribution in [3.63, 3.8) is 0 Å². The minimum Gasteiger partial charge on any atom is -0.494 e. The molecule has 0 aromatic heterocycles. The second-order valence-electron chi connectivity index (χ2n) is 15.1. The lowest BCUT2D eigenvalue weighted by Crippen LogP contribution is -2.49. The third-order valence-electron chi connectivity index (χ3n) is 9.78. The summed E-state index contributed by atoms with van der Waals surface area (Å²) in [7, 11) is 0. The van der Waals surface area contributed by atoms with Crippen LogP contribution in [0.25, 0.3) is 0 Å². The predicted octanol–water partition coefficient (Wildman–Crippen LogP) is 9.38. The van der Waals surface area contributed by atoms with Crippen molar-refractivity contribution < 1.29 is 67.4 Å². The molecule has 0 heterocycles. The third kappa shape index (κ3) is 14.8. The van der Waals surface area contributed by atoms with E-state index in [1.54, 1.807) is 48.5 Å². The first-order valence-corrected chi connectivity index (χ1v) is 20.7. The van der Waals surface area contributed by atoms with Gasteiger partial charge in [0, 0.05) is 0 Å². The second-order valence-corrected chi connectivity index (χ2v) is 15.1. The maximum absolute atomic E-state index is 13.4. The van der Waals surface area contributed by atoms with Gasteiger partial charge in [0.2, 0.25) is 0 Å². The molecule has 0 fully saturated rings. The summed E-state index contributed by atoms with van der Waals surface area (Å²) in [6, 6.07) is 23.4. The predicted molar refractivity (Wildman–Crippen MR) is 227 cm³/mol. The first-order chi connectivity index (χ1) is 29.7. The van der Waals surface area contributed by atoms with Crippen molar-refractivity contribution in [1.29, 1.82) is 0 Å². The van der Waals surface area contributed by atoms with Crippen LogP contribution in [0.5, 0.6) is 23.0 Å². The largest absolute Gasteiger partial charge is 0.494 e. The average molecular weight is 855 g/mol. The van der Waals surface area contributed by atoms with Gasteiger partial charge in [-0.15, -0.1) is 0 Å². The first-order valence-electron chi connectivity index (χ1n) is 20.7. The number of ether oxygens (including phenoxy) is 6. The zero-order valence-electron chi connectivity index (χ0n) is 35.5. The molecule has 0 aliphatic rings. The van der Waals surface area contributed by atoms with Crippen molar-refractivity contribution in [3.8, 4) is 23.0 Å². The number of benzene rings is 4. The molecule has 0 unspecified atom stereocenters. The molecule has 62 heavy (non-hydrogen) atoms. The molecule has 0 aliphatic carbocycles. The van der Waals surface area contributed by atoms with Crippen LogP contribution in [0.15, 0.2) is 97.1 Å². The number of carboxylic acids is 2. The van der Waals surface area contributed by atoms with E-state index in [0.29, 0.717) is 24.7 Å². The number of aliphatic carboxylic acids is 2. The zero-order valence-corrected chi connectivity index (χ0v) is 35.5. The van der Waals surface area contributed by atoms with Crippen LogP contribution in [-0.2, 0) is 19.1 Å². The first kappa shape index (κ1) is 48.0. The number of unbranched alkanes of at least 4 members (excludes halogenated alkanes) is 6. The van der Waals surface area contributed by atoms with Crippen molar-refractivity contribution in [2.24, 2.45) is 5.41 Å². The Bertz CT molecular complexity index is 2090. The topological polar surface area (TPSA) is 198 Å². The van der Waals surface area contributed by atoms with Crippen molar-refractivity contribution >= 4 is 35.8 Å². The summed E-state index contributed by atoms with van der Waals surface area (Å²) in [5.74, 6) is -4.94. The highest BCUT2D eigenvalue weighted by Crippen LogP contribution is 2.32. The monoisotopic (exact) mass is 854 g/mol. The van der Waals surface area contributed by atoms with Crippen LogP contribution in [0.4, 0.5) is 0 Å². The molecule has 2 atom stereocenters. The van der Waals surface area contributed by atoms with Crippen LogP contribution >= 0.6 is 0 Å². The van der Waals surface area contributed by atoms with Gasteiger partial charge in [-0.3, -0.25) is 9.59 Å². The summed E-state index contributed by atoms with van der Waals surface area (Å²) >= 11 is 0. The molecule has 2 N–H and O–H groups in total. The summed E-state index contributed by atoms with van der Waals surface area (Å²) in [5, 5.41) is 19.8. The summed E-state index contributed by atoms with van der Waals surface area (Å²) in [6.07, 6.45) is 4.05. The highest BCUT2D eigenvalue weighted by atomic mass is 16.6. The molecule has 4 aromatic rings. The number of rotatable bonds is 25. The fraction of sp³-hybridized carbons (Fsp3) is 0.375. The highest BCUT2D eigenvalue weighted by Gasteiger charge is 2.47. The van der Waals surface area contributed by atoms with Gasteiger partial charge in [-0.25, -0.2) is 19.2 Å². The van der Waals surface area contributed by atoms with E-state index in [2.05, 4.69) is 13.8 Å². The molecule has 0 radical (unpaired) electrons. The highest BCUT2D eigenvalue weighted by molar-refractivity contribution is 5.93. The molecular formula is C48H54O14. The lowest BCUT2D eigenvalue weighted by atomic mass is 9.82. The van der Waals surface area contributed by atoms with Gasteiger partial charge >= 0.3 is 35.8 Å². The molecule has 330 valence electrons. The Kier molecular flexibility index (Phi) is 18.5. The SMILES string of the molecule is CCCCCCOc1ccc(C(=O)Oc2ccc(C(=O)O[C@H](CC(=O)O)[C@H](OC(=O)c3ccc(OC(=O)c4ccc(OCCCCCC)cc4)cc3)C(C)(C)C(=O)O)cc2)cc1. The number of carbonyl (C=O) groups is 6. The molecule has 0 amide bonds. The minimum atomic E-state index is -1.96. The van der Waals surface area contributed by atoms with Gasteiger partial charge in [-0.05, 0) is 124 Å². The van der Waals surface area contributed by atoms with E-state index in [-0.39, 0.29) is 33.8 Å². The fourth-order valence-electron chi connectivity index (χ4n) is 6.04. The zero-order chi connectivity index (χ0) is 45.1. The molecule has 4 aromatic carbocycles. The van der Waals surface area contributed by atoms with Crippen LogP contribution in [0.1, 0.15) is 127 Å². The van der Waals surface area contributed by atoms with E-state index in [0.717, 1.165) is 51.4 Å². The van der Waals surface area contributed by atoms with Crippen LogP contribution in [0.3, 0.4) is 0 Å². The maximum Gasteiger partial charge on any atom is 0.343 e. The normalized spacial score (nSPS) is 12.0. The Hall–Kier alpha value is -6.70. The van der Waals surface area contributed by atoms with E-state index in [1.807, 2.05) is 0 Å². The Balaban J connectivity index is 1.39. The number of hydrogen-bond donors (Lipinski definition) is 2. The Labute approximate surface area is 361 Å². The molecule has 0 bridgehead atoms. The lowest BCUT2D eigenvalue weighted by molar-refractivity contribution is -0.163. The van der Waals surface area contributed by atoms with Gasteiger partial charge in [0.15, 0.2) is 12.2 Å². The summed E-state index contributed by atoms with van der Waals surface area (Å²) in [5.41, 5.74) is -1.62. The molecule has 0 saturated heterocycles. The van der Waals surface area contributed by atoms with E-state index in [4.69, 9.17) is 28.4 Å². The Morgan fingerprint density at radius 2 is 0.839 bits per heavy atom. The van der Waals surface area contributed by atoms with Crippen molar-refractivity contribution in [3.05, 3.63) is 119 Å². The smallest absolute Gasteiger partial charge is 0.343 e. The molecule has 14 nitrogen and oxygen atoms in total. The molecule has 0 spiro atoms. The number of carboxylic acid groups (broad SMARTS) is 2. The van der Waals surface area contributed by atoms with Gasteiger partial charge in [0.05, 0.1) is 41.9 Å². The number of carbonyl (C=O) groups excluding carboxylic acids is 4. The third-order valence-corrected chi connectivity index (χ3v) is 9.78. The van der Waals surface area contributed by atoms with Crippen LogP contribution in [0.2, 0.25) is 0 Å². The summed E-state index contributed by atoms with van der Waals surface area (Å²) in [6.45, 7) is 7.80. The van der Waals surface area contributed by atoms with E-state index in [1.165, 1.54) is 62.4 Å².